The first-order valence-corrected chi connectivity index (χ1v) is 11.5. The van der Waals surface area contributed by atoms with Gasteiger partial charge in [-0.1, -0.05) is 0 Å². The minimum Gasteiger partial charge on any atom is -0.373 e. The Labute approximate surface area is 199 Å². The number of halogens is 2. The third-order valence-electron chi connectivity index (χ3n) is 6.66. The molecule has 2 aliphatic heterocycles. The van der Waals surface area contributed by atoms with Gasteiger partial charge in [-0.05, 0) is 49.6 Å². The van der Waals surface area contributed by atoms with Gasteiger partial charge in [0.05, 0.1) is 36.1 Å². The van der Waals surface area contributed by atoms with Crippen molar-refractivity contribution in [3.8, 4) is 11.4 Å². The molecule has 0 N–H and O–H groups in total. The van der Waals surface area contributed by atoms with E-state index >= 15 is 0 Å². The molecule has 0 saturated carbocycles. The van der Waals surface area contributed by atoms with E-state index < -0.39 is 11.6 Å². The summed E-state index contributed by atoms with van der Waals surface area (Å²) >= 11 is 0. The van der Waals surface area contributed by atoms with E-state index in [9.17, 15) is 13.6 Å². The Kier molecular flexibility index (Phi) is 5.38. The lowest BCUT2D eigenvalue weighted by molar-refractivity contribution is 0.00457. The van der Waals surface area contributed by atoms with Gasteiger partial charge in [0, 0.05) is 42.2 Å². The Morgan fingerprint density at radius 2 is 1.97 bits per heavy atom. The fourth-order valence-electron chi connectivity index (χ4n) is 4.90. The van der Waals surface area contributed by atoms with Gasteiger partial charge in [0.25, 0.3) is 5.56 Å². The van der Waals surface area contributed by atoms with E-state index in [2.05, 4.69) is 9.97 Å². The monoisotopic (exact) mass is 476 g/mol. The van der Waals surface area contributed by atoms with Gasteiger partial charge in [0.2, 0.25) is 0 Å². The van der Waals surface area contributed by atoms with Crippen LogP contribution in [0.2, 0.25) is 0 Å². The first kappa shape index (κ1) is 21.9. The van der Waals surface area contributed by atoms with Crippen LogP contribution in [-0.4, -0.2) is 26.0 Å². The molecule has 9 heteroatoms. The Morgan fingerprint density at radius 3 is 2.80 bits per heavy atom. The van der Waals surface area contributed by atoms with Gasteiger partial charge < -0.3 is 9.47 Å². The molecule has 2 atom stereocenters. The molecule has 0 spiro atoms. The molecule has 4 aromatic rings. The van der Waals surface area contributed by atoms with Crippen molar-refractivity contribution >= 4 is 5.65 Å². The third-order valence-corrected chi connectivity index (χ3v) is 6.66. The number of fused-ring (bicyclic) bond motifs is 2. The second-order valence-electron chi connectivity index (χ2n) is 8.97. The highest BCUT2D eigenvalue weighted by Gasteiger charge is 2.29. The molecular formula is C26H22F2N4O3. The quantitative estimate of drug-likeness (QED) is 0.436. The van der Waals surface area contributed by atoms with E-state index in [1.54, 1.807) is 12.3 Å². The molecule has 0 aliphatic carbocycles. The van der Waals surface area contributed by atoms with Crippen LogP contribution in [0.25, 0.3) is 17.0 Å². The molecule has 1 saturated heterocycles. The molecule has 3 aromatic heterocycles. The average Bonchev–Trinajstić information content (AvgIpc) is 3.33. The number of pyridine rings is 1. The number of benzene rings is 1. The van der Waals surface area contributed by atoms with Gasteiger partial charge in [0.15, 0.2) is 5.82 Å². The minimum atomic E-state index is -0.795. The molecule has 1 fully saturated rings. The van der Waals surface area contributed by atoms with Crippen LogP contribution in [0, 0.1) is 18.6 Å². The molecule has 1 aromatic carbocycles. The summed E-state index contributed by atoms with van der Waals surface area (Å²) < 4.78 is 41.3. The number of hydrogen-bond acceptors (Lipinski definition) is 6. The van der Waals surface area contributed by atoms with E-state index in [1.165, 1.54) is 10.5 Å². The zero-order valence-corrected chi connectivity index (χ0v) is 19.0. The maximum Gasteiger partial charge on any atom is 0.265 e. The summed E-state index contributed by atoms with van der Waals surface area (Å²) in [6.45, 7) is 2.86. The summed E-state index contributed by atoms with van der Waals surface area (Å²) in [5.41, 5.74) is 3.70. The topological polar surface area (TPSA) is 78.6 Å². The molecule has 2 unspecified atom stereocenters. The second kappa shape index (κ2) is 8.58. The molecule has 2 aliphatic rings. The lowest BCUT2D eigenvalue weighted by Crippen LogP contribution is -2.25. The normalized spacial score (nSPS) is 19.7. The fraction of sp³-hybridized carbons (Fsp3) is 0.308. The summed E-state index contributed by atoms with van der Waals surface area (Å²) in [5, 5.41) is 0. The van der Waals surface area contributed by atoms with Crippen LogP contribution in [0.5, 0.6) is 0 Å². The van der Waals surface area contributed by atoms with Crippen molar-refractivity contribution in [2.75, 3.05) is 6.61 Å². The molecule has 35 heavy (non-hydrogen) atoms. The van der Waals surface area contributed by atoms with Crippen molar-refractivity contribution in [1.29, 1.82) is 0 Å². The zero-order chi connectivity index (χ0) is 24.1. The van der Waals surface area contributed by atoms with Crippen molar-refractivity contribution in [2.45, 2.75) is 45.0 Å². The van der Waals surface area contributed by atoms with E-state index in [1.807, 2.05) is 19.1 Å². The highest BCUT2D eigenvalue weighted by Crippen LogP contribution is 2.38. The van der Waals surface area contributed by atoms with Crippen LogP contribution in [-0.2, 0) is 22.7 Å². The van der Waals surface area contributed by atoms with Gasteiger partial charge in [-0.15, -0.1) is 0 Å². The zero-order valence-electron chi connectivity index (χ0n) is 19.0. The van der Waals surface area contributed by atoms with Gasteiger partial charge in [-0.25, -0.2) is 23.1 Å². The largest absolute Gasteiger partial charge is 0.373 e. The number of nitrogens with zero attached hydrogens (tertiary/aromatic N) is 4. The van der Waals surface area contributed by atoms with Gasteiger partial charge in [-0.3, -0.25) is 9.78 Å². The fourth-order valence-corrected chi connectivity index (χ4v) is 4.90. The smallest absolute Gasteiger partial charge is 0.265 e. The molecule has 6 rings (SSSR count). The number of aromatic nitrogens is 4. The highest BCUT2D eigenvalue weighted by molar-refractivity contribution is 5.61. The minimum absolute atomic E-state index is 0.00381. The molecule has 7 nitrogen and oxygen atoms in total. The predicted molar refractivity (Wildman–Crippen MR) is 123 cm³/mol. The molecule has 178 valence electrons. The maximum atomic E-state index is 14.9. The predicted octanol–water partition coefficient (Wildman–Crippen LogP) is 4.40. The van der Waals surface area contributed by atoms with Crippen LogP contribution in [0.1, 0.15) is 53.1 Å². The molecule has 0 radical (unpaired) electrons. The summed E-state index contributed by atoms with van der Waals surface area (Å²) in [5.74, 6) is -1.40. The van der Waals surface area contributed by atoms with Crippen LogP contribution in [0.3, 0.4) is 0 Å². The summed E-state index contributed by atoms with van der Waals surface area (Å²) in [7, 11) is 0. The van der Waals surface area contributed by atoms with Crippen LogP contribution >= 0.6 is 0 Å². The number of aryl methyl sites for hydroxylation is 1. The number of ether oxygens (including phenoxy) is 2. The SMILES string of the molecule is Cc1cc(C2CC(c3cc4nc5c(c(=O)n4c(-c4ccc(F)cc4F)n3)COC5)CCO2)ccn1. The lowest BCUT2D eigenvalue weighted by atomic mass is 9.89. The molecule has 0 bridgehead atoms. The van der Waals surface area contributed by atoms with E-state index in [4.69, 9.17) is 14.5 Å². The Bertz CT molecular complexity index is 1520. The van der Waals surface area contributed by atoms with Crippen molar-refractivity contribution in [3.05, 3.63) is 92.8 Å². The average molecular weight is 476 g/mol. The molecular weight excluding hydrogens is 454 g/mol. The van der Waals surface area contributed by atoms with Gasteiger partial charge >= 0.3 is 0 Å². The van der Waals surface area contributed by atoms with Crippen LogP contribution in [0.15, 0.2) is 47.4 Å². The first-order chi connectivity index (χ1) is 17.0. The summed E-state index contributed by atoms with van der Waals surface area (Å²) in [6, 6.07) is 8.99. The molecule has 0 amide bonds. The maximum absolute atomic E-state index is 14.9. The summed E-state index contributed by atoms with van der Waals surface area (Å²) in [4.78, 5) is 27.0. The first-order valence-electron chi connectivity index (χ1n) is 11.5. The lowest BCUT2D eigenvalue weighted by Gasteiger charge is -2.30. The van der Waals surface area contributed by atoms with E-state index in [0.717, 1.165) is 23.4 Å². The third kappa shape index (κ3) is 3.90. The number of rotatable bonds is 3. The second-order valence-corrected chi connectivity index (χ2v) is 8.97. The Hall–Kier alpha value is -3.56. The van der Waals surface area contributed by atoms with Gasteiger partial charge in [-0.2, -0.15) is 0 Å². The van der Waals surface area contributed by atoms with E-state index in [0.29, 0.717) is 42.0 Å². The van der Waals surface area contributed by atoms with Crippen molar-refractivity contribution in [1.82, 2.24) is 19.4 Å². The standard InChI is InChI=1S/C26H22F2N4O3/c1-14-8-16(4-6-29-14)23-9-15(5-7-35-23)21-11-24-30-22-13-34-12-19(22)26(33)32(24)25(31-21)18-3-2-17(27)10-20(18)28/h2-4,6,8,10-11,15,23H,5,7,9,12-13H2,1H3. The Morgan fingerprint density at radius 1 is 1.09 bits per heavy atom. The molecule has 5 heterocycles. The van der Waals surface area contributed by atoms with Crippen LogP contribution < -0.4 is 5.56 Å². The van der Waals surface area contributed by atoms with E-state index in [-0.39, 0.29) is 42.2 Å². The van der Waals surface area contributed by atoms with Crippen molar-refractivity contribution < 1.29 is 18.3 Å². The highest BCUT2D eigenvalue weighted by atomic mass is 19.1. The van der Waals surface area contributed by atoms with Crippen molar-refractivity contribution in [3.63, 3.8) is 0 Å². The van der Waals surface area contributed by atoms with Gasteiger partial charge in [0.1, 0.15) is 17.3 Å². The van der Waals surface area contributed by atoms with Crippen molar-refractivity contribution in [2.24, 2.45) is 0 Å². The Balaban J connectivity index is 1.50. The van der Waals surface area contributed by atoms with Crippen LogP contribution in [0.4, 0.5) is 8.78 Å². The summed E-state index contributed by atoms with van der Waals surface area (Å²) in [6.07, 6.45) is 3.01. The number of hydrogen-bond donors (Lipinski definition) is 0.